The summed E-state index contributed by atoms with van der Waals surface area (Å²) < 4.78 is 0. The molecule has 0 heterocycles. The zero-order chi connectivity index (χ0) is 20.5. The molecule has 4 heteroatoms. The lowest BCUT2D eigenvalue weighted by molar-refractivity contribution is -0.142. The SMILES string of the molecule is CCCCCCCCNC(=O)CCC(CC=C(C)CCC=C(C)C)C(=O)O. The fourth-order valence-corrected chi connectivity index (χ4v) is 2.90. The van der Waals surface area contributed by atoms with Gasteiger partial charge in [-0.1, -0.05) is 62.3 Å². The van der Waals surface area contributed by atoms with Gasteiger partial charge in [0.05, 0.1) is 5.92 Å². The fraction of sp³-hybridized carbons (Fsp3) is 0.739. The maximum atomic E-state index is 11.9. The summed E-state index contributed by atoms with van der Waals surface area (Å²) in [7, 11) is 0. The van der Waals surface area contributed by atoms with Gasteiger partial charge in [0.15, 0.2) is 0 Å². The van der Waals surface area contributed by atoms with E-state index in [2.05, 4.69) is 32.2 Å². The van der Waals surface area contributed by atoms with Crippen LogP contribution in [-0.2, 0) is 9.59 Å². The van der Waals surface area contributed by atoms with Gasteiger partial charge in [0.25, 0.3) is 0 Å². The summed E-state index contributed by atoms with van der Waals surface area (Å²) in [6, 6.07) is 0. The number of carbonyl (C=O) groups is 2. The first-order chi connectivity index (χ1) is 12.9. The van der Waals surface area contributed by atoms with E-state index in [0.29, 0.717) is 19.4 Å². The average molecular weight is 380 g/mol. The van der Waals surface area contributed by atoms with Crippen molar-refractivity contribution in [2.45, 2.75) is 98.3 Å². The van der Waals surface area contributed by atoms with Crippen LogP contribution in [0.2, 0.25) is 0 Å². The van der Waals surface area contributed by atoms with E-state index in [9.17, 15) is 14.7 Å². The molecular formula is C23H41NO3. The number of carboxylic acid groups (broad SMARTS) is 1. The predicted molar refractivity (Wildman–Crippen MR) is 114 cm³/mol. The summed E-state index contributed by atoms with van der Waals surface area (Å²) in [5.74, 6) is -1.32. The Morgan fingerprint density at radius 1 is 0.963 bits per heavy atom. The summed E-state index contributed by atoms with van der Waals surface area (Å²) in [5.41, 5.74) is 2.52. The van der Waals surface area contributed by atoms with E-state index in [0.717, 1.165) is 25.7 Å². The maximum absolute atomic E-state index is 11.9. The second-order valence-corrected chi connectivity index (χ2v) is 7.80. The standard InChI is InChI=1S/C23H41NO3/c1-5-6-7-8-9-10-18-24-22(25)17-16-21(23(26)27)15-14-20(4)13-11-12-19(2)3/h12,14,21H,5-11,13,15-18H2,1-4H3,(H,24,25)(H,26,27). The quantitative estimate of drug-likeness (QED) is 0.254. The number of hydrogen-bond donors (Lipinski definition) is 2. The highest BCUT2D eigenvalue weighted by molar-refractivity contribution is 5.77. The molecule has 0 fully saturated rings. The Balaban J connectivity index is 4.04. The molecule has 0 saturated heterocycles. The molecule has 0 bridgehead atoms. The number of nitrogens with one attached hydrogen (secondary N) is 1. The molecule has 0 aliphatic rings. The molecule has 2 N–H and O–H groups in total. The van der Waals surface area contributed by atoms with E-state index in [1.54, 1.807) is 0 Å². The number of rotatable bonds is 16. The Morgan fingerprint density at radius 3 is 2.26 bits per heavy atom. The summed E-state index contributed by atoms with van der Waals surface area (Å²) in [6.07, 6.45) is 14.5. The van der Waals surface area contributed by atoms with Crippen molar-refractivity contribution in [3.05, 3.63) is 23.3 Å². The Morgan fingerprint density at radius 2 is 1.63 bits per heavy atom. The molecule has 4 nitrogen and oxygen atoms in total. The number of hydrogen-bond acceptors (Lipinski definition) is 2. The molecule has 0 aliphatic heterocycles. The second-order valence-electron chi connectivity index (χ2n) is 7.80. The van der Waals surface area contributed by atoms with Gasteiger partial charge in [0.1, 0.15) is 0 Å². The zero-order valence-electron chi connectivity index (χ0n) is 18.0. The first kappa shape index (κ1) is 25.4. The van der Waals surface area contributed by atoms with Crippen molar-refractivity contribution in [3.8, 4) is 0 Å². The van der Waals surface area contributed by atoms with Crippen molar-refractivity contribution >= 4 is 11.9 Å². The molecular weight excluding hydrogens is 338 g/mol. The summed E-state index contributed by atoms with van der Waals surface area (Å²) in [5, 5.41) is 12.3. The van der Waals surface area contributed by atoms with Gasteiger partial charge in [-0.05, 0) is 52.9 Å². The number of unbranched alkanes of at least 4 members (excludes halogenated alkanes) is 5. The van der Waals surface area contributed by atoms with Crippen LogP contribution in [0.4, 0.5) is 0 Å². The van der Waals surface area contributed by atoms with Crippen LogP contribution < -0.4 is 5.32 Å². The molecule has 0 saturated carbocycles. The molecule has 0 aromatic rings. The van der Waals surface area contributed by atoms with Crippen molar-refractivity contribution in [1.82, 2.24) is 5.32 Å². The normalized spacial score (nSPS) is 12.5. The third-order valence-electron chi connectivity index (χ3n) is 4.76. The lowest BCUT2D eigenvalue weighted by Gasteiger charge is -2.11. The molecule has 1 atom stereocenters. The molecule has 1 amide bonds. The van der Waals surface area contributed by atoms with E-state index in [4.69, 9.17) is 0 Å². The van der Waals surface area contributed by atoms with E-state index >= 15 is 0 Å². The van der Waals surface area contributed by atoms with Crippen LogP contribution in [0.15, 0.2) is 23.3 Å². The predicted octanol–water partition coefficient (Wildman–Crippen LogP) is 6.03. The number of carbonyl (C=O) groups excluding carboxylic acids is 1. The van der Waals surface area contributed by atoms with Gasteiger partial charge in [0, 0.05) is 13.0 Å². The lowest BCUT2D eigenvalue weighted by atomic mass is 9.97. The molecule has 0 aromatic carbocycles. The van der Waals surface area contributed by atoms with E-state index in [1.807, 2.05) is 13.0 Å². The van der Waals surface area contributed by atoms with Crippen LogP contribution in [-0.4, -0.2) is 23.5 Å². The molecule has 0 radical (unpaired) electrons. The fourth-order valence-electron chi connectivity index (χ4n) is 2.90. The van der Waals surface area contributed by atoms with Gasteiger partial charge in [-0.3, -0.25) is 9.59 Å². The molecule has 0 spiro atoms. The monoisotopic (exact) mass is 379 g/mol. The van der Waals surface area contributed by atoms with E-state index < -0.39 is 11.9 Å². The van der Waals surface area contributed by atoms with Crippen molar-refractivity contribution in [1.29, 1.82) is 0 Å². The Bertz CT molecular complexity index is 476. The number of carboxylic acids is 1. The number of allylic oxidation sites excluding steroid dienone is 4. The third kappa shape index (κ3) is 16.3. The highest BCUT2D eigenvalue weighted by Gasteiger charge is 2.17. The Labute approximate surface area is 166 Å². The molecule has 0 aliphatic carbocycles. The van der Waals surface area contributed by atoms with E-state index in [1.165, 1.54) is 36.8 Å². The first-order valence-electron chi connectivity index (χ1n) is 10.6. The summed E-state index contributed by atoms with van der Waals surface area (Å²) >= 11 is 0. The number of amides is 1. The van der Waals surface area contributed by atoms with Crippen LogP contribution in [0.5, 0.6) is 0 Å². The van der Waals surface area contributed by atoms with E-state index in [-0.39, 0.29) is 12.3 Å². The minimum absolute atomic E-state index is 0.0286. The second kappa shape index (κ2) is 16.6. The van der Waals surface area contributed by atoms with Crippen molar-refractivity contribution in [2.24, 2.45) is 5.92 Å². The van der Waals surface area contributed by atoms with Gasteiger partial charge in [-0.2, -0.15) is 0 Å². The smallest absolute Gasteiger partial charge is 0.306 e. The van der Waals surface area contributed by atoms with Crippen molar-refractivity contribution in [2.75, 3.05) is 6.54 Å². The van der Waals surface area contributed by atoms with Crippen LogP contribution in [0.1, 0.15) is 98.3 Å². The third-order valence-corrected chi connectivity index (χ3v) is 4.76. The van der Waals surface area contributed by atoms with Crippen LogP contribution in [0, 0.1) is 5.92 Å². The minimum Gasteiger partial charge on any atom is -0.481 e. The van der Waals surface area contributed by atoms with Crippen molar-refractivity contribution < 1.29 is 14.7 Å². The average Bonchev–Trinajstić information content (AvgIpc) is 2.60. The first-order valence-corrected chi connectivity index (χ1v) is 10.6. The summed E-state index contributed by atoms with van der Waals surface area (Å²) in [4.78, 5) is 23.4. The van der Waals surface area contributed by atoms with Crippen LogP contribution in [0.3, 0.4) is 0 Å². The molecule has 156 valence electrons. The minimum atomic E-state index is -0.813. The Hall–Kier alpha value is -1.58. The van der Waals surface area contributed by atoms with Gasteiger partial charge < -0.3 is 10.4 Å². The molecule has 0 rings (SSSR count). The highest BCUT2D eigenvalue weighted by atomic mass is 16.4. The Kier molecular flexibility index (Phi) is 15.6. The highest BCUT2D eigenvalue weighted by Crippen LogP contribution is 2.16. The molecule has 27 heavy (non-hydrogen) atoms. The van der Waals surface area contributed by atoms with Gasteiger partial charge in [-0.25, -0.2) is 0 Å². The van der Waals surface area contributed by atoms with Gasteiger partial charge >= 0.3 is 5.97 Å². The zero-order valence-corrected chi connectivity index (χ0v) is 18.0. The van der Waals surface area contributed by atoms with Gasteiger partial charge in [0.2, 0.25) is 5.91 Å². The summed E-state index contributed by atoms with van der Waals surface area (Å²) in [6.45, 7) is 9.11. The van der Waals surface area contributed by atoms with Crippen LogP contribution in [0.25, 0.3) is 0 Å². The van der Waals surface area contributed by atoms with Crippen molar-refractivity contribution in [3.63, 3.8) is 0 Å². The maximum Gasteiger partial charge on any atom is 0.306 e. The lowest BCUT2D eigenvalue weighted by Crippen LogP contribution is -2.25. The van der Waals surface area contributed by atoms with Crippen LogP contribution >= 0.6 is 0 Å². The van der Waals surface area contributed by atoms with Gasteiger partial charge in [-0.15, -0.1) is 0 Å². The topological polar surface area (TPSA) is 66.4 Å². The largest absolute Gasteiger partial charge is 0.481 e. The molecule has 1 unspecified atom stereocenters. The molecule has 0 aromatic heterocycles. The number of aliphatic carboxylic acids is 1.